The number of benzene rings is 2. The summed E-state index contributed by atoms with van der Waals surface area (Å²) >= 11 is 0. The molecule has 0 unspecified atom stereocenters. The Balaban J connectivity index is 1.38. The minimum absolute atomic E-state index is 0.170. The molecule has 6 heteroatoms. The highest BCUT2D eigenvalue weighted by molar-refractivity contribution is 5.94. The first kappa shape index (κ1) is 18.3. The minimum Gasteiger partial charge on any atom is -0.371 e. The summed E-state index contributed by atoms with van der Waals surface area (Å²) in [4.78, 5) is 35.2. The van der Waals surface area contributed by atoms with Gasteiger partial charge < -0.3 is 10.2 Å². The Morgan fingerprint density at radius 1 is 1.21 bits per heavy atom. The molecule has 0 bridgehead atoms. The van der Waals surface area contributed by atoms with Crippen molar-refractivity contribution in [3.8, 4) is 0 Å². The molecule has 0 saturated heterocycles. The quantitative estimate of drug-likeness (QED) is 0.802. The van der Waals surface area contributed by atoms with Gasteiger partial charge in [0.05, 0.1) is 16.3 Å². The lowest BCUT2D eigenvalue weighted by molar-refractivity contribution is -0.119. The van der Waals surface area contributed by atoms with Gasteiger partial charge in [0.15, 0.2) is 0 Å². The standard InChI is InChI=1S/C22H24N4O2/c1-15-21(27)25-18-10-4-9-17(20(18)24-15)22(28)23-12-6-14-26-13-5-8-16-7-2-3-11-19(16)26/h2-4,7,9-11,15H,5-6,8,12-14H2,1H3,(H,23,28)/t15-/m1/s1. The molecule has 0 spiro atoms. The molecule has 2 aromatic rings. The maximum Gasteiger partial charge on any atom is 0.270 e. The molecular formula is C22H24N4O2. The van der Waals surface area contributed by atoms with Crippen LogP contribution in [0.25, 0.3) is 0 Å². The third-order valence-electron chi connectivity index (χ3n) is 5.27. The van der Waals surface area contributed by atoms with Gasteiger partial charge in [0, 0.05) is 25.3 Å². The van der Waals surface area contributed by atoms with E-state index in [-0.39, 0.29) is 11.8 Å². The Bertz CT molecular complexity index is 1030. The van der Waals surface area contributed by atoms with Crippen LogP contribution in [0.3, 0.4) is 0 Å². The molecule has 2 amide bonds. The highest BCUT2D eigenvalue weighted by Crippen LogP contribution is 2.26. The fourth-order valence-electron chi connectivity index (χ4n) is 3.81. The molecule has 0 fully saturated rings. The zero-order valence-electron chi connectivity index (χ0n) is 16.0. The number of aryl methyl sites for hydroxylation is 1. The van der Waals surface area contributed by atoms with E-state index in [1.807, 2.05) is 0 Å². The van der Waals surface area contributed by atoms with E-state index in [1.165, 1.54) is 17.7 Å². The number of anilines is 1. The highest BCUT2D eigenvalue weighted by atomic mass is 16.2. The largest absolute Gasteiger partial charge is 0.371 e. The van der Waals surface area contributed by atoms with E-state index in [0.717, 1.165) is 25.9 Å². The van der Waals surface area contributed by atoms with Crippen molar-refractivity contribution in [1.82, 2.24) is 5.32 Å². The SMILES string of the molecule is C[C@H]1N=c2c(C(=O)NCCCN3CCCc4ccccc43)cccc2=NC1=O. The molecule has 2 heterocycles. The monoisotopic (exact) mass is 376 g/mol. The van der Waals surface area contributed by atoms with Crippen molar-refractivity contribution in [3.63, 3.8) is 0 Å². The normalized spacial score (nSPS) is 17.8. The van der Waals surface area contributed by atoms with Crippen LogP contribution in [0.1, 0.15) is 35.7 Å². The number of carbonyl (C=O) groups excluding carboxylic acids is 2. The van der Waals surface area contributed by atoms with E-state index in [4.69, 9.17) is 0 Å². The van der Waals surface area contributed by atoms with E-state index in [1.54, 1.807) is 25.1 Å². The van der Waals surface area contributed by atoms with Crippen LogP contribution in [-0.2, 0) is 11.2 Å². The van der Waals surface area contributed by atoms with Gasteiger partial charge in [-0.15, -0.1) is 0 Å². The topological polar surface area (TPSA) is 74.1 Å². The number of hydrogen-bond donors (Lipinski definition) is 1. The second-order valence-electron chi connectivity index (χ2n) is 7.26. The smallest absolute Gasteiger partial charge is 0.270 e. The van der Waals surface area contributed by atoms with E-state index in [9.17, 15) is 9.59 Å². The Kier molecular flexibility index (Phi) is 5.19. The van der Waals surface area contributed by atoms with E-state index >= 15 is 0 Å². The molecule has 4 rings (SSSR count). The van der Waals surface area contributed by atoms with Crippen LogP contribution in [0, 0.1) is 0 Å². The average molecular weight is 376 g/mol. The van der Waals surface area contributed by atoms with Crippen molar-refractivity contribution >= 4 is 17.5 Å². The van der Waals surface area contributed by atoms with Crippen molar-refractivity contribution in [2.45, 2.75) is 32.2 Å². The van der Waals surface area contributed by atoms with Gasteiger partial charge in [-0.3, -0.25) is 14.6 Å². The molecule has 0 radical (unpaired) electrons. The number of para-hydroxylation sites is 2. The number of nitrogens with one attached hydrogen (secondary N) is 1. The van der Waals surface area contributed by atoms with Crippen molar-refractivity contribution in [2.75, 3.05) is 24.5 Å². The van der Waals surface area contributed by atoms with Crippen LogP contribution >= 0.6 is 0 Å². The van der Waals surface area contributed by atoms with Crippen molar-refractivity contribution in [1.29, 1.82) is 0 Å². The Hall–Kier alpha value is -3.02. The van der Waals surface area contributed by atoms with Crippen LogP contribution in [0.5, 0.6) is 0 Å². The minimum atomic E-state index is -0.541. The van der Waals surface area contributed by atoms with Crippen molar-refractivity contribution < 1.29 is 9.59 Å². The predicted molar refractivity (Wildman–Crippen MR) is 107 cm³/mol. The molecule has 144 valence electrons. The maximum absolute atomic E-state index is 12.6. The molecule has 0 aromatic heterocycles. The van der Waals surface area contributed by atoms with Crippen LogP contribution in [-0.4, -0.2) is 37.5 Å². The van der Waals surface area contributed by atoms with Gasteiger partial charge in [-0.05, 0) is 49.9 Å². The van der Waals surface area contributed by atoms with Crippen molar-refractivity contribution in [2.24, 2.45) is 9.98 Å². The summed E-state index contributed by atoms with van der Waals surface area (Å²) in [5.74, 6) is -0.441. The summed E-state index contributed by atoms with van der Waals surface area (Å²) in [7, 11) is 0. The third kappa shape index (κ3) is 3.67. The van der Waals surface area contributed by atoms with Gasteiger partial charge in [-0.2, -0.15) is 0 Å². The number of rotatable bonds is 5. The Morgan fingerprint density at radius 3 is 2.96 bits per heavy atom. The van der Waals surface area contributed by atoms with Gasteiger partial charge in [0.2, 0.25) is 0 Å². The predicted octanol–water partition coefficient (Wildman–Crippen LogP) is 1.43. The molecule has 2 aliphatic rings. The second kappa shape index (κ2) is 7.92. The first-order valence-electron chi connectivity index (χ1n) is 9.84. The number of amides is 2. The molecule has 6 nitrogen and oxygen atoms in total. The fraction of sp³-hybridized carbons (Fsp3) is 0.364. The Morgan fingerprint density at radius 2 is 2.07 bits per heavy atom. The molecule has 1 atom stereocenters. The number of nitrogens with zero attached hydrogens (tertiary/aromatic N) is 3. The Labute approximate surface area is 164 Å². The van der Waals surface area contributed by atoms with Crippen LogP contribution in [0.15, 0.2) is 52.4 Å². The summed E-state index contributed by atoms with van der Waals surface area (Å²) in [5.41, 5.74) is 3.20. The number of fused-ring (bicyclic) bond motifs is 2. The van der Waals surface area contributed by atoms with Crippen molar-refractivity contribution in [3.05, 3.63) is 64.3 Å². The van der Waals surface area contributed by atoms with Gasteiger partial charge in [-0.25, -0.2) is 4.99 Å². The first-order valence-corrected chi connectivity index (χ1v) is 9.84. The lowest BCUT2D eigenvalue weighted by atomic mass is 10.0. The fourth-order valence-corrected chi connectivity index (χ4v) is 3.81. The molecule has 0 saturated carbocycles. The van der Waals surface area contributed by atoms with Gasteiger partial charge in [0.1, 0.15) is 6.04 Å². The lowest BCUT2D eigenvalue weighted by Crippen LogP contribution is -2.41. The van der Waals surface area contributed by atoms with Gasteiger partial charge >= 0.3 is 0 Å². The number of carbonyl (C=O) groups is 2. The molecular weight excluding hydrogens is 352 g/mol. The van der Waals surface area contributed by atoms with Crippen LogP contribution in [0.4, 0.5) is 5.69 Å². The second-order valence-corrected chi connectivity index (χ2v) is 7.26. The lowest BCUT2D eigenvalue weighted by Gasteiger charge is -2.31. The molecule has 0 aliphatic carbocycles. The van der Waals surface area contributed by atoms with Crippen LogP contribution in [0.2, 0.25) is 0 Å². The van der Waals surface area contributed by atoms with E-state index in [2.05, 4.69) is 44.5 Å². The molecule has 1 N–H and O–H groups in total. The maximum atomic E-state index is 12.6. The summed E-state index contributed by atoms with van der Waals surface area (Å²) in [5, 5.41) is 3.97. The third-order valence-corrected chi connectivity index (χ3v) is 5.27. The summed E-state index contributed by atoms with van der Waals surface area (Å²) in [6.45, 7) is 4.26. The molecule has 2 aliphatic heterocycles. The highest BCUT2D eigenvalue weighted by Gasteiger charge is 2.18. The summed E-state index contributed by atoms with van der Waals surface area (Å²) < 4.78 is 0. The van der Waals surface area contributed by atoms with E-state index in [0.29, 0.717) is 22.8 Å². The van der Waals surface area contributed by atoms with Crippen LogP contribution < -0.4 is 20.9 Å². The molecule has 28 heavy (non-hydrogen) atoms. The summed E-state index contributed by atoms with van der Waals surface area (Å²) in [6, 6.07) is 13.2. The average Bonchev–Trinajstić information content (AvgIpc) is 2.71. The van der Waals surface area contributed by atoms with E-state index < -0.39 is 6.04 Å². The zero-order valence-corrected chi connectivity index (χ0v) is 16.0. The first-order chi connectivity index (χ1) is 13.6. The van der Waals surface area contributed by atoms with Gasteiger partial charge in [0.25, 0.3) is 11.8 Å². The zero-order chi connectivity index (χ0) is 19.5. The molecule has 2 aromatic carbocycles. The summed E-state index contributed by atoms with van der Waals surface area (Å²) in [6.07, 6.45) is 3.17. The van der Waals surface area contributed by atoms with Gasteiger partial charge in [-0.1, -0.05) is 24.3 Å². The number of hydrogen-bond acceptors (Lipinski definition) is 4.